The van der Waals surface area contributed by atoms with Crippen molar-refractivity contribution in [3.8, 4) is 0 Å². The zero-order valence-electron chi connectivity index (χ0n) is 10.4. The van der Waals surface area contributed by atoms with E-state index in [0.717, 1.165) is 24.8 Å². The van der Waals surface area contributed by atoms with Gasteiger partial charge in [0.15, 0.2) is 0 Å². The van der Waals surface area contributed by atoms with Gasteiger partial charge in [-0.3, -0.25) is 0 Å². The molecule has 0 aliphatic heterocycles. The SMILES string of the molecule is CON=Cc1ccc2[nH]c3c(c2c1)CC(N)CC3. The molecular formula is C14H17N3O. The fourth-order valence-electron chi connectivity index (χ4n) is 2.66. The first-order valence-corrected chi connectivity index (χ1v) is 6.23. The van der Waals surface area contributed by atoms with Crippen molar-refractivity contribution in [2.24, 2.45) is 10.9 Å². The molecule has 3 N–H and O–H groups in total. The first-order chi connectivity index (χ1) is 8.78. The molecule has 0 amide bonds. The maximum absolute atomic E-state index is 6.06. The van der Waals surface area contributed by atoms with Crippen LogP contribution in [0.2, 0.25) is 0 Å². The molecule has 18 heavy (non-hydrogen) atoms. The summed E-state index contributed by atoms with van der Waals surface area (Å²) in [5.41, 5.74) is 11.0. The number of nitrogens with two attached hydrogens (primary N) is 1. The van der Waals surface area contributed by atoms with Gasteiger partial charge in [-0.05, 0) is 42.5 Å². The molecule has 1 aromatic heterocycles. The number of benzene rings is 1. The molecule has 0 fully saturated rings. The largest absolute Gasteiger partial charge is 0.399 e. The van der Waals surface area contributed by atoms with Gasteiger partial charge in [-0.15, -0.1) is 0 Å². The third-order valence-electron chi connectivity index (χ3n) is 3.56. The smallest absolute Gasteiger partial charge is 0.106 e. The Morgan fingerprint density at radius 3 is 3.22 bits per heavy atom. The number of nitrogens with zero attached hydrogens (tertiary/aromatic N) is 1. The van der Waals surface area contributed by atoms with Crippen LogP contribution >= 0.6 is 0 Å². The third-order valence-corrected chi connectivity index (χ3v) is 3.56. The molecule has 2 aromatic rings. The molecule has 0 saturated carbocycles. The van der Waals surface area contributed by atoms with E-state index in [1.807, 2.05) is 6.07 Å². The molecule has 1 aliphatic rings. The Morgan fingerprint density at radius 2 is 2.39 bits per heavy atom. The molecular weight excluding hydrogens is 226 g/mol. The lowest BCUT2D eigenvalue weighted by Crippen LogP contribution is -2.27. The topological polar surface area (TPSA) is 63.4 Å². The zero-order valence-corrected chi connectivity index (χ0v) is 10.4. The number of aromatic nitrogens is 1. The molecule has 1 aliphatic carbocycles. The summed E-state index contributed by atoms with van der Waals surface area (Å²) >= 11 is 0. The number of fused-ring (bicyclic) bond motifs is 3. The number of aromatic amines is 1. The molecule has 1 heterocycles. The first-order valence-electron chi connectivity index (χ1n) is 6.23. The lowest BCUT2D eigenvalue weighted by Gasteiger charge is -2.18. The van der Waals surface area contributed by atoms with Crippen molar-refractivity contribution in [2.75, 3.05) is 7.11 Å². The molecule has 0 spiro atoms. The Bertz CT molecular complexity index is 600. The van der Waals surface area contributed by atoms with Crippen LogP contribution in [0.15, 0.2) is 23.4 Å². The summed E-state index contributed by atoms with van der Waals surface area (Å²) in [6.07, 6.45) is 4.80. The molecule has 1 aromatic carbocycles. The van der Waals surface area contributed by atoms with Gasteiger partial charge in [0.05, 0.1) is 6.21 Å². The summed E-state index contributed by atoms with van der Waals surface area (Å²) in [5, 5.41) is 5.06. The number of nitrogens with one attached hydrogen (secondary N) is 1. The van der Waals surface area contributed by atoms with Crippen LogP contribution in [0.4, 0.5) is 0 Å². The van der Waals surface area contributed by atoms with Gasteiger partial charge in [0.1, 0.15) is 7.11 Å². The molecule has 0 radical (unpaired) electrons. The number of oxime groups is 1. The van der Waals surface area contributed by atoms with Crippen molar-refractivity contribution >= 4 is 17.1 Å². The van der Waals surface area contributed by atoms with Gasteiger partial charge in [0, 0.05) is 22.6 Å². The van der Waals surface area contributed by atoms with E-state index in [4.69, 9.17) is 10.6 Å². The molecule has 94 valence electrons. The number of H-pyrrole nitrogens is 1. The van der Waals surface area contributed by atoms with E-state index < -0.39 is 0 Å². The number of hydrogen-bond donors (Lipinski definition) is 2. The van der Waals surface area contributed by atoms with Gasteiger partial charge in [-0.25, -0.2) is 0 Å². The van der Waals surface area contributed by atoms with E-state index >= 15 is 0 Å². The summed E-state index contributed by atoms with van der Waals surface area (Å²) in [4.78, 5) is 8.20. The molecule has 4 heteroatoms. The number of rotatable bonds is 2. The second-order valence-electron chi connectivity index (χ2n) is 4.81. The quantitative estimate of drug-likeness (QED) is 0.625. The van der Waals surface area contributed by atoms with E-state index in [0.29, 0.717) is 0 Å². The summed E-state index contributed by atoms with van der Waals surface area (Å²) < 4.78 is 0. The van der Waals surface area contributed by atoms with Crippen LogP contribution in [0.1, 0.15) is 23.2 Å². The number of hydrogen-bond acceptors (Lipinski definition) is 3. The van der Waals surface area contributed by atoms with Crippen LogP contribution in [-0.4, -0.2) is 24.4 Å². The standard InChI is InChI=1S/C14H17N3O/c1-18-16-8-9-2-4-13-11(6-9)12-7-10(15)3-5-14(12)17-13/h2,4,6,8,10,17H,3,5,7,15H2,1H3. The first kappa shape index (κ1) is 11.3. The van der Waals surface area contributed by atoms with Crippen LogP contribution in [0.5, 0.6) is 0 Å². The highest BCUT2D eigenvalue weighted by Gasteiger charge is 2.19. The van der Waals surface area contributed by atoms with Crippen molar-refractivity contribution in [3.63, 3.8) is 0 Å². The minimum absolute atomic E-state index is 0.285. The highest BCUT2D eigenvalue weighted by Crippen LogP contribution is 2.29. The maximum atomic E-state index is 6.06. The van der Waals surface area contributed by atoms with Gasteiger partial charge in [-0.1, -0.05) is 11.2 Å². The van der Waals surface area contributed by atoms with Gasteiger partial charge in [-0.2, -0.15) is 0 Å². The molecule has 3 rings (SSSR count). The third kappa shape index (κ3) is 1.88. The highest BCUT2D eigenvalue weighted by atomic mass is 16.6. The van der Waals surface area contributed by atoms with Gasteiger partial charge in [0.25, 0.3) is 0 Å². The minimum atomic E-state index is 0.285. The van der Waals surface area contributed by atoms with Crippen LogP contribution in [0.25, 0.3) is 10.9 Å². The molecule has 4 nitrogen and oxygen atoms in total. The fourth-order valence-corrected chi connectivity index (χ4v) is 2.66. The monoisotopic (exact) mass is 243 g/mol. The highest BCUT2D eigenvalue weighted by molar-refractivity contribution is 5.91. The Hall–Kier alpha value is -1.81. The fraction of sp³-hybridized carbons (Fsp3) is 0.357. The van der Waals surface area contributed by atoms with Crippen LogP contribution in [0.3, 0.4) is 0 Å². The normalized spacial score (nSPS) is 19.3. The Kier molecular flexibility index (Phi) is 2.80. The maximum Gasteiger partial charge on any atom is 0.106 e. The lowest BCUT2D eigenvalue weighted by molar-refractivity contribution is 0.215. The average molecular weight is 243 g/mol. The Labute approximate surface area is 106 Å². The number of aryl methyl sites for hydroxylation is 1. The van der Waals surface area contributed by atoms with Crippen LogP contribution < -0.4 is 5.73 Å². The summed E-state index contributed by atoms with van der Waals surface area (Å²) in [5.74, 6) is 0. The summed E-state index contributed by atoms with van der Waals surface area (Å²) in [7, 11) is 1.55. The average Bonchev–Trinajstić information content (AvgIpc) is 2.74. The van der Waals surface area contributed by atoms with Crippen molar-refractivity contribution in [2.45, 2.75) is 25.3 Å². The van der Waals surface area contributed by atoms with Crippen molar-refractivity contribution in [1.82, 2.24) is 4.98 Å². The van der Waals surface area contributed by atoms with E-state index in [1.165, 1.54) is 22.2 Å². The minimum Gasteiger partial charge on any atom is -0.399 e. The lowest BCUT2D eigenvalue weighted by atomic mass is 9.92. The van der Waals surface area contributed by atoms with Crippen LogP contribution in [0, 0.1) is 0 Å². The molecule has 1 unspecified atom stereocenters. The van der Waals surface area contributed by atoms with Gasteiger partial charge < -0.3 is 15.6 Å². The predicted molar refractivity (Wildman–Crippen MR) is 72.9 cm³/mol. The van der Waals surface area contributed by atoms with Crippen molar-refractivity contribution in [1.29, 1.82) is 0 Å². The van der Waals surface area contributed by atoms with Gasteiger partial charge in [0.2, 0.25) is 0 Å². The second kappa shape index (κ2) is 4.46. The van der Waals surface area contributed by atoms with E-state index in [-0.39, 0.29) is 6.04 Å². The predicted octanol–water partition coefficient (Wildman–Crippen LogP) is 1.96. The molecule has 0 saturated heterocycles. The summed E-state index contributed by atoms with van der Waals surface area (Å²) in [6, 6.07) is 6.56. The zero-order chi connectivity index (χ0) is 12.5. The molecule has 0 bridgehead atoms. The second-order valence-corrected chi connectivity index (χ2v) is 4.81. The van der Waals surface area contributed by atoms with Crippen molar-refractivity contribution in [3.05, 3.63) is 35.0 Å². The van der Waals surface area contributed by atoms with Crippen molar-refractivity contribution < 1.29 is 4.84 Å². The molecule has 1 atom stereocenters. The van der Waals surface area contributed by atoms with Crippen LogP contribution in [-0.2, 0) is 17.7 Å². The Balaban J connectivity index is 2.09. The van der Waals surface area contributed by atoms with Gasteiger partial charge >= 0.3 is 0 Å². The van der Waals surface area contributed by atoms with E-state index in [9.17, 15) is 0 Å². The van der Waals surface area contributed by atoms with E-state index in [2.05, 4.69) is 22.3 Å². The Morgan fingerprint density at radius 1 is 1.50 bits per heavy atom. The summed E-state index contributed by atoms with van der Waals surface area (Å²) in [6.45, 7) is 0. The van der Waals surface area contributed by atoms with E-state index in [1.54, 1.807) is 13.3 Å².